The summed E-state index contributed by atoms with van der Waals surface area (Å²) in [4.78, 5) is 14.4. The molecule has 4 heteroatoms. The van der Waals surface area contributed by atoms with Gasteiger partial charge in [0.15, 0.2) is 0 Å². The Hall–Kier alpha value is -1.42. The van der Waals surface area contributed by atoms with Gasteiger partial charge >= 0.3 is 0 Å². The largest absolute Gasteiger partial charge is 0.349 e. The third-order valence-electron chi connectivity index (χ3n) is 3.72. The smallest absolute Gasteiger partial charge is 0.224 e. The van der Waals surface area contributed by atoms with Crippen molar-refractivity contribution in [3.05, 3.63) is 35.6 Å². The minimum atomic E-state index is -0.254. The van der Waals surface area contributed by atoms with Crippen molar-refractivity contribution in [1.29, 1.82) is 0 Å². The number of carbonyl (C=O) groups excluding carboxylic acids is 1. The molecule has 1 N–H and O–H groups in total. The van der Waals surface area contributed by atoms with Gasteiger partial charge in [0.05, 0.1) is 12.0 Å². The molecule has 104 valence electrons. The first kappa shape index (κ1) is 14.0. The molecule has 1 aromatic carbocycles. The van der Waals surface area contributed by atoms with Gasteiger partial charge in [-0.15, -0.1) is 0 Å². The lowest BCUT2D eigenvalue weighted by Crippen LogP contribution is -2.42. The minimum absolute atomic E-state index is 0.0710. The number of hydrogen-bond acceptors (Lipinski definition) is 2. The second-order valence-electron chi connectivity index (χ2n) is 5.38. The van der Waals surface area contributed by atoms with Crippen molar-refractivity contribution in [2.24, 2.45) is 5.92 Å². The Kier molecular flexibility index (Phi) is 4.53. The van der Waals surface area contributed by atoms with Gasteiger partial charge in [-0.3, -0.25) is 4.79 Å². The van der Waals surface area contributed by atoms with Crippen LogP contribution < -0.4 is 5.32 Å². The van der Waals surface area contributed by atoms with Gasteiger partial charge in [-0.1, -0.05) is 12.1 Å². The van der Waals surface area contributed by atoms with Crippen molar-refractivity contribution in [2.75, 3.05) is 20.1 Å². The number of carbonyl (C=O) groups is 1. The monoisotopic (exact) mass is 264 g/mol. The Morgan fingerprint density at radius 1 is 1.42 bits per heavy atom. The maximum absolute atomic E-state index is 12.9. The van der Waals surface area contributed by atoms with E-state index in [1.54, 1.807) is 12.1 Å². The molecule has 3 nitrogen and oxygen atoms in total. The van der Waals surface area contributed by atoms with Crippen molar-refractivity contribution in [3.63, 3.8) is 0 Å². The number of rotatable bonds is 3. The van der Waals surface area contributed by atoms with Gasteiger partial charge in [0, 0.05) is 6.54 Å². The van der Waals surface area contributed by atoms with Crippen LogP contribution in [0.2, 0.25) is 0 Å². The number of hydrogen-bond donors (Lipinski definition) is 1. The molecule has 0 unspecified atom stereocenters. The van der Waals surface area contributed by atoms with E-state index in [1.165, 1.54) is 12.1 Å². The van der Waals surface area contributed by atoms with Crippen LogP contribution in [0.1, 0.15) is 31.4 Å². The van der Waals surface area contributed by atoms with E-state index in [-0.39, 0.29) is 23.7 Å². The first-order valence-electron chi connectivity index (χ1n) is 6.80. The van der Waals surface area contributed by atoms with Crippen molar-refractivity contribution in [1.82, 2.24) is 10.2 Å². The van der Waals surface area contributed by atoms with Gasteiger partial charge in [0.25, 0.3) is 0 Å². The molecule has 1 saturated heterocycles. The molecule has 1 aliphatic rings. The van der Waals surface area contributed by atoms with Gasteiger partial charge in [0.1, 0.15) is 5.82 Å². The van der Waals surface area contributed by atoms with E-state index in [1.807, 2.05) is 14.0 Å². The maximum atomic E-state index is 12.9. The third-order valence-corrected chi connectivity index (χ3v) is 3.72. The summed E-state index contributed by atoms with van der Waals surface area (Å²) >= 11 is 0. The van der Waals surface area contributed by atoms with Gasteiger partial charge in [0.2, 0.25) is 5.91 Å². The quantitative estimate of drug-likeness (QED) is 0.909. The van der Waals surface area contributed by atoms with Crippen LogP contribution in [0.3, 0.4) is 0 Å². The van der Waals surface area contributed by atoms with Crippen LogP contribution in [-0.4, -0.2) is 30.9 Å². The Balaban J connectivity index is 1.92. The summed E-state index contributed by atoms with van der Waals surface area (Å²) < 4.78 is 12.9. The molecule has 1 fully saturated rings. The summed E-state index contributed by atoms with van der Waals surface area (Å²) in [6.45, 7) is 3.82. The summed E-state index contributed by atoms with van der Waals surface area (Å²) in [6.07, 6.45) is 2.02. The van der Waals surface area contributed by atoms with Crippen molar-refractivity contribution in [2.45, 2.75) is 25.8 Å². The fourth-order valence-electron chi connectivity index (χ4n) is 2.55. The first-order valence-corrected chi connectivity index (χ1v) is 6.80. The van der Waals surface area contributed by atoms with E-state index in [0.29, 0.717) is 0 Å². The molecule has 0 radical (unpaired) electrons. The van der Waals surface area contributed by atoms with E-state index in [2.05, 4.69) is 10.2 Å². The number of nitrogens with zero attached hydrogens (tertiary/aromatic N) is 1. The molecule has 2 atom stereocenters. The molecule has 0 aromatic heterocycles. The highest BCUT2D eigenvalue weighted by Crippen LogP contribution is 2.18. The second kappa shape index (κ2) is 6.15. The zero-order chi connectivity index (χ0) is 13.8. The lowest BCUT2D eigenvalue weighted by Gasteiger charge is -2.29. The number of likely N-dealkylation sites (tertiary alicyclic amines) is 1. The molecule has 1 aliphatic heterocycles. The molecular formula is C15H21FN2O. The lowest BCUT2D eigenvalue weighted by atomic mass is 9.97. The van der Waals surface area contributed by atoms with Crippen molar-refractivity contribution >= 4 is 5.91 Å². The Morgan fingerprint density at radius 3 is 2.74 bits per heavy atom. The fraction of sp³-hybridized carbons (Fsp3) is 0.533. The van der Waals surface area contributed by atoms with Crippen molar-refractivity contribution < 1.29 is 9.18 Å². The van der Waals surface area contributed by atoms with E-state index >= 15 is 0 Å². The van der Waals surface area contributed by atoms with E-state index in [0.717, 1.165) is 31.5 Å². The van der Waals surface area contributed by atoms with Crippen LogP contribution in [0.15, 0.2) is 24.3 Å². The zero-order valence-electron chi connectivity index (χ0n) is 11.5. The highest BCUT2D eigenvalue weighted by molar-refractivity contribution is 5.79. The number of benzene rings is 1. The Bertz CT molecular complexity index is 432. The highest BCUT2D eigenvalue weighted by atomic mass is 19.1. The SMILES string of the molecule is C[C@H](NC(=O)[C@@H]1CCCN(C)C1)c1ccc(F)cc1. The fourth-order valence-corrected chi connectivity index (χ4v) is 2.55. The lowest BCUT2D eigenvalue weighted by molar-refractivity contribution is -0.127. The molecule has 0 spiro atoms. The maximum Gasteiger partial charge on any atom is 0.224 e. The topological polar surface area (TPSA) is 32.3 Å². The van der Waals surface area contributed by atoms with E-state index in [9.17, 15) is 9.18 Å². The Morgan fingerprint density at radius 2 is 2.11 bits per heavy atom. The standard InChI is InChI=1S/C15H21FN2O/c1-11(12-5-7-14(16)8-6-12)17-15(19)13-4-3-9-18(2)10-13/h5-8,11,13H,3-4,9-10H2,1-2H3,(H,17,19)/t11-,13+/m0/s1. The van der Waals surface area contributed by atoms with Crippen LogP contribution in [0.4, 0.5) is 4.39 Å². The van der Waals surface area contributed by atoms with Gasteiger partial charge in [-0.2, -0.15) is 0 Å². The first-order chi connectivity index (χ1) is 9.06. The van der Waals surface area contributed by atoms with Gasteiger partial charge in [-0.05, 0) is 51.1 Å². The number of halogens is 1. The summed E-state index contributed by atoms with van der Waals surface area (Å²) in [5.74, 6) is -0.0822. The number of piperidine rings is 1. The second-order valence-corrected chi connectivity index (χ2v) is 5.38. The average molecular weight is 264 g/mol. The van der Waals surface area contributed by atoms with E-state index in [4.69, 9.17) is 0 Å². The Labute approximate surface area is 113 Å². The summed E-state index contributed by atoms with van der Waals surface area (Å²) in [7, 11) is 2.04. The minimum Gasteiger partial charge on any atom is -0.349 e. The third kappa shape index (κ3) is 3.77. The van der Waals surface area contributed by atoms with Crippen LogP contribution in [0, 0.1) is 11.7 Å². The van der Waals surface area contributed by atoms with Gasteiger partial charge in [-0.25, -0.2) is 4.39 Å². The number of amides is 1. The molecule has 1 aromatic rings. The average Bonchev–Trinajstić information content (AvgIpc) is 2.39. The molecular weight excluding hydrogens is 243 g/mol. The van der Waals surface area contributed by atoms with Crippen LogP contribution in [-0.2, 0) is 4.79 Å². The van der Waals surface area contributed by atoms with E-state index < -0.39 is 0 Å². The predicted octanol–water partition coefficient (Wildman–Crippen LogP) is 2.34. The molecule has 0 saturated carbocycles. The van der Waals surface area contributed by atoms with Crippen LogP contribution in [0.25, 0.3) is 0 Å². The molecule has 0 aliphatic carbocycles. The van der Waals surface area contributed by atoms with Crippen LogP contribution >= 0.6 is 0 Å². The predicted molar refractivity (Wildman–Crippen MR) is 73.2 cm³/mol. The molecule has 0 bridgehead atoms. The summed E-state index contributed by atoms with van der Waals surface area (Å²) in [5.41, 5.74) is 0.930. The van der Waals surface area contributed by atoms with Crippen LogP contribution in [0.5, 0.6) is 0 Å². The molecule has 1 amide bonds. The molecule has 2 rings (SSSR count). The number of nitrogens with one attached hydrogen (secondary N) is 1. The van der Waals surface area contributed by atoms with Gasteiger partial charge < -0.3 is 10.2 Å². The zero-order valence-corrected chi connectivity index (χ0v) is 11.5. The highest BCUT2D eigenvalue weighted by Gasteiger charge is 2.24. The normalized spacial score (nSPS) is 21.9. The molecule has 1 heterocycles. The van der Waals surface area contributed by atoms with Crippen molar-refractivity contribution in [3.8, 4) is 0 Å². The summed E-state index contributed by atoms with van der Waals surface area (Å²) in [6, 6.07) is 6.19. The summed E-state index contributed by atoms with van der Waals surface area (Å²) in [5, 5.41) is 3.02. The molecule has 19 heavy (non-hydrogen) atoms.